The molecule has 0 aliphatic carbocycles. The third-order valence-electron chi connectivity index (χ3n) is 1.50. The second-order valence-electron chi connectivity index (χ2n) is 2.33. The first-order chi connectivity index (χ1) is 6.45. The Kier molecular flexibility index (Phi) is 3.23. The van der Waals surface area contributed by atoms with Gasteiger partial charge in [-0.3, -0.25) is 9.59 Å². The van der Waals surface area contributed by atoms with Crippen LogP contribution in [0.5, 0.6) is 0 Å². The highest BCUT2D eigenvalue weighted by Gasteiger charge is 2.23. The van der Waals surface area contributed by atoms with Crippen molar-refractivity contribution in [1.29, 1.82) is 0 Å². The monoisotopic (exact) mass is 241 g/mol. The second-order valence-corrected chi connectivity index (χ2v) is 3.08. The minimum absolute atomic E-state index is 0.399. The van der Waals surface area contributed by atoms with Crippen LogP contribution >= 0.6 is 23.2 Å². The number of carbonyl (C=O) groups is 1. The summed E-state index contributed by atoms with van der Waals surface area (Å²) in [5, 5.41) is -1.66. The molecule has 1 N–H and O–H groups in total. The molecule has 3 nitrogen and oxygen atoms in total. The van der Waals surface area contributed by atoms with Crippen molar-refractivity contribution in [3.05, 3.63) is 32.7 Å². The number of halogens is 4. The van der Waals surface area contributed by atoms with E-state index in [1.165, 1.54) is 0 Å². The van der Waals surface area contributed by atoms with E-state index in [1.807, 2.05) is 4.98 Å². The topological polar surface area (TPSA) is 49.9 Å². The lowest BCUT2D eigenvalue weighted by Crippen LogP contribution is -2.18. The Morgan fingerprint density at radius 1 is 1.50 bits per heavy atom. The molecule has 0 fully saturated rings. The van der Waals surface area contributed by atoms with E-state index in [2.05, 4.69) is 0 Å². The maximum absolute atomic E-state index is 12.4. The van der Waals surface area contributed by atoms with E-state index in [0.717, 1.165) is 6.20 Å². The predicted octanol–water partition coefficient (Wildman–Crippen LogP) is 2.34. The summed E-state index contributed by atoms with van der Waals surface area (Å²) in [6, 6.07) is 0. The predicted molar refractivity (Wildman–Crippen MR) is 47.2 cm³/mol. The summed E-state index contributed by atoms with van der Waals surface area (Å²) in [6.07, 6.45) is -2.14. The van der Waals surface area contributed by atoms with Gasteiger partial charge in [-0.05, 0) is 11.6 Å². The quantitative estimate of drug-likeness (QED) is 0.809. The van der Waals surface area contributed by atoms with Gasteiger partial charge in [0.15, 0.2) is 0 Å². The number of carbonyl (C=O) groups excluding carboxylic acids is 1. The van der Waals surface area contributed by atoms with Crippen LogP contribution in [0, 0.1) is 0 Å². The van der Waals surface area contributed by atoms with Gasteiger partial charge in [-0.2, -0.15) is 0 Å². The average Bonchev–Trinajstić information content (AvgIpc) is 2.07. The van der Waals surface area contributed by atoms with Crippen LogP contribution in [0.4, 0.5) is 8.78 Å². The molecule has 1 aromatic heterocycles. The molecule has 76 valence electrons. The maximum Gasteiger partial charge on any atom is 0.266 e. The van der Waals surface area contributed by atoms with E-state index >= 15 is 0 Å². The molecule has 0 saturated heterocycles. The van der Waals surface area contributed by atoms with Gasteiger partial charge in [0.25, 0.3) is 17.2 Å². The summed E-state index contributed by atoms with van der Waals surface area (Å²) in [5.74, 6) is 0. The highest BCUT2D eigenvalue weighted by Crippen LogP contribution is 2.28. The Bertz CT molecular complexity index is 430. The number of aromatic nitrogens is 1. The molecule has 7 heteroatoms. The van der Waals surface area contributed by atoms with Gasteiger partial charge in [0.05, 0.1) is 10.6 Å². The van der Waals surface area contributed by atoms with Crippen LogP contribution in [-0.4, -0.2) is 10.2 Å². The SMILES string of the molecule is O=C(Cl)c1c(C(F)F)c(Cl)c[nH]c1=O. The molecular formula is C7H3Cl2F2NO2. The smallest absolute Gasteiger partial charge is 0.266 e. The molecule has 0 spiro atoms. The Hall–Kier alpha value is -0.940. The Balaban J connectivity index is 3.58. The van der Waals surface area contributed by atoms with Gasteiger partial charge in [-0.25, -0.2) is 8.78 Å². The first-order valence-corrected chi connectivity index (χ1v) is 4.09. The summed E-state index contributed by atoms with van der Waals surface area (Å²) >= 11 is 10.4. The Morgan fingerprint density at radius 2 is 2.07 bits per heavy atom. The van der Waals surface area contributed by atoms with Gasteiger partial charge in [0, 0.05) is 6.20 Å². The maximum atomic E-state index is 12.4. The zero-order valence-corrected chi connectivity index (χ0v) is 7.99. The molecule has 0 radical (unpaired) electrons. The largest absolute Gasteiger partial charge is 0.327 e. The van der Waals surface area contributed by atoms with Crippen molar-refractivity contribution >= 4 is 28.4 Å². The van der Waals surface area contributed by atoms with Crippen molar-refractivity contribution < 1.29 is 13.6 Å². The molecule has 1 rings (SSSR count). The van der Waals surface area contributed by atoms with Crippen LogP contribution in [0.3, 0.4) is 0 Å². The molecule has 0 saturated carbocycles. The molecule has 0 atom stereocenters. The van der Waals surface area contributed by atoms with Crippen LogP contribution in [0.15, 0.2) is 11.0 Å². The summed E-state index contributed by atoms with van der Waals surface area (Å²) in [4.78, 5) is 23.7. The first-order valence-electron chi connectivity index (χ1n) is 3.34. The normalized spacial score (nSPS) is 10.6. The van der Waals surface area contributed by atoms with Gasteiger partial charge in [-0.15, -0.1) is 0 Å². The number of nitrogens with one attached hydrogen (secondary N) is 1. The number of aromatic amines is 1. The van der Waals surface area contributed by atoms with Gasteiger partial charge < -0.3 is 4.98 Å². The highest BCUT2D eigenvalue weighted by atomic mass is 35.5. The van der Waals surface area contributed by atoms with E-state index < -0.39 is 33.4 Å². The van der Waals surface area contributed by atoms with Crippen molar-refractivity contribution in [3.63, 3.8) is 0 Å². The number of hydrogen-bond acceptors (Lipinski definition) is 2. The zero-order valence-electron chi connectivity index (χ0n) is 6.48. The lowest BCUT2D eigenvalue weighted by Gasteiger charge is -2.05. The van der Waals surface area contributed by atoms with E-state index in [0.29, 0.717) is 0 Å². The van der Waals surface area contributed by atoms with E-state index in [4.69, 9.17) is 23.2 Å². The first kappa shape index (κ1) is 11.1. The molecule has 0 unspecified atom stereocenters. The number of hydrogen-bond donors (Lipinski definition) is 1. The Labute approximate surface area is 86.6 Å². The van der Waals surface area contributed by atoms with Crippen molar-refractivity contribution in [3.8, 4) is 0 Å². The van der Waals surface area contributed by atoms with Crippen LogP contribution in [0.1, 0.15) is 22.3 Å². The zero-order chi connectivity index (χ0) is 10.9. The molecule has 0 bridgehead atoms. The van der Waals surface area contributed by atoms with Crippen molar-refractivity contribution in [2.45, 2.75) is 6.43 Å². The molecular weight excluding hydrogens is 239 g/mol. The van der Waals surface area contributed by atoms with E-state index in [-0.39, 0.29) is 0 Å². The van der Waals surface area contributed by atoms with Gasteiger partial charge in [0.2, 0.25) is 0 Å². The molecule has 0 amide bonds. The molecule has 1 aromatic rings. The van der Waals surface area contributed by atoms with Crippen LogP contribution in [0.2, 0.25) is 5.02 Å². The van der Waals surface area contributed by atoms with Gasteiger partial charge in [-0.1, -0.05) is 11.6 Å². The van der Waals surface area contributed by atoms with Gasteiger partial charge in [0.1, 0.15) is 5.56 Å². The van der Waals surface area contributed by atoms with Crippen LogP contribution < -0.4 is 5.56 Å². The van der Waals surface area contributed by atoms with E-state index in [9.17, 15) is 18.4 Å². The minimum atomic E-state index is -3.03. The molecule has 1 heterocycles. The molecule has 0 aliphatic rings. The molecule has 14 heavy (non-hydrogen) atoms. The van der Waals surface area contributed by atoms with Gasteiger partial charge >= 0.3 is 0 Å². The van der Waals surface area contributed by atoms with Crippen LogP contribution in [0.25, 0.3) is 0 Å². The molecule has 0 aromatic carbocycles. The fraction of sp³-hybridized carbons (Fsp3) is 0.143. The highest BCUT2D eigenvalue weighted by molar-refractivity contribution is 6.68. The number of rotatable bonds is 2. The summed E-state index contributed by atoms with van der Waals surface area (Å²) in [6.45, 7) is 0. The Morgan fingerprint density at radius 3 is 2.43 bits per heavy atom. The van der Waals surface area contributed by atoms with E-state index in [1.54, 1.807) is 0 Å². The fourth-order valence-corrected chi connectivity index (χ4v) is 1.35. The average molecular weight is 242 g/mol. The minimum Gasteiger partial charge on any atom is -0.327 e. The lowest BCUT2D eigenvalue weighted by atomic mass is 10.1. The second kappa shape index (κ2) is 4.06. The standard InChI is InChI=1S/C7H3Cl2F2NO2/c8-2-1-12-7(14)4(5(9)13)3(2)6(10)11/h1,6H,(H,12,14). The van der Waals surface area contributed by atoms with Crippen molar-refractivity contribution in [2.24, 2.45) is 0 Å². The third-order valence-corrected chi connectivity index (χ3v) is 2.00. The summed E-state index contributed by atoms with van der Waals surface area (Å²) in [5.41, 5.74) is -2.63. The number of alkyl halides is 2. The fourth-order valence-electron chi connectivity index (χ4n) is 0.929. The van der Waals surface area contributed by atoms with Crippen LogP contribution in [-0.2, 0) is 0 Å². The lowest BCUT2D eigenvalue weighted by molar-refractivity contribution is 0.106. The molecule has 0 aliphatic heterocycles. The van der Waals surface area contributed by atoms with Crippen molar-refractivity contribution in [1.82, 2.24) is 4.98 Å². The number of H-pyrrole nitrogens is 1. The third kappa shape index (κ3) is 1.93. The summed E-state index contributed by atoms with van der Waals surface area (Å²) < 4.78 is 24.8. The number of pyridine rings is 1. The summed E-state index contributed by atoms with van der Waals surface area (Å²) in [7, 11) is 0. The van der Waals surface area contributed by atoms with Crippen molar-refractivity contribution in [2.75, 3.05) is 0 Å².